The van der Waals surface area contributed by atoms with E-state index in [9.17, 15) is 22.8 Å². The van der Waals surface area contributed by atoms with Crippen molar-refractivity contribution in [3.8, 4) is 0 Å². The molecule has 184 valence electrons. The van der Waals surface area contributed by atoms with Crippen LogP contribution in [0, 0.1) is 23.2 Å². The maximum atomic E-state index is 13.1. The third-order valence-corrected chi connectivity index (χ3v) is 7.80. The van der Waals surface area contributed by atoms with Crippen molar-refractivity contribution in [3.63, 3.8) is 0 Å². The maximum absolute atomic E-state index is 13.1. The molecule has 2 amide bonds. The quantitative estimate of drug-likeness (QED) is 0.451. The molecule has 35 heavy (non-hydrogen) atoms. The third-order valence-electron chi connectivity index (χ3n) is 7.60. The molecule has 0 aromatic heterocycles. The van der Waals surface area contributed by atoms with E-state index in [-0.39, 0.29) is 27.7 Å². The zero-order chi connectivity index (χ0) is 24.8. The van der Waals surface area contributed by atoms with E-state index in [2.05, 4.69) is 16.0 Å². The van der Waals surface area contributed by atoms with E-state index >= 15 is 0 Å². The summed E-state index contributed by atoms with van der Waals surface area (Å²) >= 11 is 5.37. The summed E-state index contributed by atoms with van der Waals surface area (Å²) in [5.41, 5.74) is -0.210. The summed E-state index contributed by atoms with van der Waals surface area (Å²) in [5.74, 6) is 1.44. The number of rotatable bonds is 4. The Labute approximate surface area is 206 Å². The second-order valence-corrected chi connectivity index (χ2v) is 10.6. The largest absolute Gasteiger partial charge is 0.416 e. The van der Waals surface area contributed by atoms with Crippen LogP contribution in [-0.2, 0) is 11.0 Å². The number of anilines is 2. The Hall–Kier alpha value is -2.94. The molecule has 3 N–H and O–H groups in total. The number of hydrogen-bond acceptors (Lipinski definition) is 3. The van der Waals surface area contributed by atoms with Crippen LogP contribution in [0.4, 0.5) is 24.5 Å². The van der Waals surface area contributed by atoms with Gasteiger partial charge in [-0.1, -0.05) is 6.07 Å². The van der Waals surface area contributed by atoms with Gasteiger partial charge in [0, 0.05) is 16.9 Å². The number of benzene rings is 2. The van der Waals surface area contributed by atoms with E-state index in [1.54, 1.807) is 12.1 Å². The van der Waals surface area contributed by atoms with E-state index < -0.39 is 17.6 Å². The minimum Gasteiger partial charge on any atom is -0.332 e. The fourth-order valence-electron chi connectivity index (χ4n) is 6.47. The van der Waals surface area contributed by atoms with E-state index in [0.29, 0.717) is 23.4 Å². The van der Waals surface area contributed by atoms with Gasteiger partial charge in [-0.05, 0) is 111 Å². The lowest BCUT2D eigenvalue weighted by Gasteiger charge is -2.55. The number of hydrogen-bond donors (Lipinski definition) is 3. The number of carbonyl (C=O) groups is 2. The molecule has 5 nitrogen and oxygen atoms in total. The van der Waals surface area contributed by atoms with Crippen molar-refractivity contribution in [2.24, 2.45) is 23.2 Å². The topological polar surface area (TPSA) is 70.2 Å². The number of amides is 2. The minimum atomic E-state index is -4.49. The molecule has 0 atom stereocenters. The van der Waals surface area contributed by atoms with Gasteiger partial charge in [0.1, 0.15) is 0 Å². The zero-order valence-electron chi connectivity index (χ0n) is 19.0. The van der Waals surface area contributed by atoms with Crippen molar-refractivity contribution in [2.45, 2.75) is 44.7 Å². The molecule has 2 aromatic carbocycles. The summed E-state index contributed by atoms with van der Waals surface area (Å²) in [7, 11) is 0. The summed E-state index contributed by atoms with van der Waals surface area (Å²) in [5, 5.41) is 8.56. The molecule has 0 unspecified atom stereocenters. The molecule has 0 aliphatic heterocycles. The second-order valence-electron chi connectivity index (χ2n) is 10.2. The van der Waals surface area contributed by atoms with Gasteiger partial charge in [0.15, 0.2) is 5.11 Å². The highest BCUT2D eigenvalue weighted by atomic mass is 32.1. The molecule has 6 rings (SSSR count). The molecule has 4 bridgehead atoms. The second kappa shape index (κ2) is 8.93. The Balaban J connectivity index is 1.17. The van der Waals surface area contributed by atoms with Crippen LogP contribution in [-0.4, -0.2) is 16.9 Å². The highest BCUT2D eigenvalue weighted by Crippen LogP contribution is 2.60. The van der Waals surface area contributed by atoms with E-state index in [4.69, 9.17) is 12.2 Å². The first kappa shape index (κ1) is 23.8. The van der Waals surface area contributed by atoms with Crippen LogP contribution < -0.4 is 16.0 Å². The third kappa shape index (κ3) is 5.05. The molecule has 2 aromatic rings. The van der Waals surface area contributed by atoms with Crippen LogP contribution in [0.5, 0.6) is 0 Å². The first-order valence-corrected chi connectivity index (χ1v) is 12.2. The molecule has 4 saturated carbocycles. The van der Waals surface area contributed by atoms with Gasteiger partial charge in [0.2, 0.25) is 5.91 Å². The monoisotopic (exact) mass is 501 g/mol. The predicted octanol–water partition coefficient (Wildman–Crippen LogP) is 5.99. The van der Waals surface area contributed by atoms with Crippen molar-refractivity contribution < 1.29 is 22.8 Å². The van der Waals surface area contributed by atoms with Gasteiger partial charge in [0.05, 0.1) is 11.0 Å². The molecule has 0 saturated heterocycles. The lowest BCUT2D eigenvalue weighted by Crippen LogP contribution is -2.55. The van der Waals surface area contributed by atoms with Crippen molar-refractivity contribution in [1.82, 2.24) is 5.32 Å². The molecule has 0 heterocycles. The fourth-order valence-corrected chi connectivity index (χ4v) is 6.68. The first-order valence-electron chi connectivity index (χ1n) is 11.8. The first-order chi connectivity index (χ1) is 16.6. The van der Waals surface area contributed by atoms with Crippen LogP contribution in [0.15, 0.2) is 48.5 Å². The highest BCUT2D eigenvalue weighted by Gasteiger charge is 2.54. The van der Waals surface area contributed by atoms with Crippen molar-refractivity contribution >= 4 is 40.5 Å². The zero-order valence-corrected chi connectivity index (χ0v) is 19.8. The SMILES string of the molecule is O=C(Nc1cccc(C(F)(F)F)c1)c1ccc(NC(=S)NC(=O)C23CC4CC(CC(C4)C2)C3)cc1. The van der Waals surface area contributed by atoms with Crippen molar-refractivity contribution in [3.05, 3.63) is 59.7 Å². The van der Waals surface area contributed by atoms with Crippen LogP contribution in [0.3, 0.4) is 0 Å². The van der Waals surface area contributed by atoms with Crippen LogP contribution in [0.1, 0.15) is 54.4 Å². The van der Waals surface area contributed by atoms with Gasteiger partial charge < -0.3 is 16.0 Å². The van der Waals surface area contributed by atoms with Gasteiger partial charge in [0.25, 0.3) is 5.91 Å². The Morgan fingerprint density at radius 1 is 0.857 bits per heavy atom. The normalized spacial score (nSPS) is 26.8. The molecule has 9 heteroatoms. The molecule has 0 spiro atoms. The maximum Gasteiger partial charge on any atom is 0.416 e. The summed E-state index contributed by atoms with van der Waals surface area (Å²) in [6.07, 6.45) is 2.11. The number of carbonyl (C=O) groups excluding carboxylic acids is 2. The summed E-state index contributed by atoms with van der Waals surface area (Å²) < 4.78 is 38.7. The Kier molecular flexibility index (Phi) is 6.07. The number of alkyl halides is 3. The lowest BCUT2D eigenvalue weighted by molar-refractivity contribution is -0.144. The highest BCUT2D eigenvalue weighted by molar-refractivity contribution is 7.80. The molecule has 4 aliphatic rings. The smallest absolute Gasteiger partial charge is 0.332 e. The molecule has 4 aliphatic carbocycles. The van der Waals surface area contributed by atoms with Crippen LogP contribution in [0.25, 0.3) is 0 Å². The number of nitrogens with one attached hydrogen (secondary N) is 3. The van der Waals surface area contributed by atoms with E-state index in [1.165, 1.54) is 43.5 Å². The van der Waals surface area contributed by atoms with E-state index in [1.807, 2.05) is 0 Å². The molecular formula is C26H26F3N3O2S. The summed E-state index contributed by atoms with van der Waals surface area (Å²) in [6.45, 7) is 0. The average Bonchev–Trinajstić information content (AvgIpc) is 2.78. The van der Waals surface area contributed by atoms with Gasteiger partial charge in [-0.25, -0.2) is 0 Å². The molecule has 4 fully saturated rings. The van der Waals surface area contributed by atoms with Crippen molar-refractivity contribution in [1.29, 1.82) is 0 Å². The predicted molar refractivity (Wildman–Crippen MR) is 131 cm³/mol. The van der Waals surface area contributed by atoms with Gasteiger partial charge in [-0.15, -0.1) is 0 Å². The van der Waals surface area contributed by atoms with Gasteiger partial charge in [-0.2, -0.15) is 13.2 Å². The number of thiocarbonyl (C=S) groups is 1. The Morgan fingerprint density at radius 2 is 1.46 bits per heavy atom. The fraction of sp³-hybridized carbons (Fsp3) is 0.423. The number of halogens is 3. The lowest BCUT2D eigenvalue weighted by atomic mass is 9.49. The van der Waals surface area contributed by atoms with Gasteiger partial charge in [-0.3, -0.25) is 9.59 Å². The summed E-state index contributed by atoms with van der Waals surface area (Å²) in [6, 6.07) is 10.8. The minimum absolute atomic E-state index is 0.00573. The molecule has 0 radical (unpaired) electrons. The van der Waals surface area contributed by atoms with Crippen LogP contribution >= 0.6 is 12.2 Å². The van der Waals surface area contributed by atoms with Crippen LogP contribution in [0.2, 0.25) is 0 Å². The Morgan fingerprint density at radius 3 is 2.03 bits per heavy atom. The average molecular weight is 502 g/mol. The molecular weight excluding hydrogens is 475 g/mol. The van der Waals surface area contributed by atoms with E-state index in [0.717, 1.165) is 31.4 Å². The van der Waals surface area contributed by atoms with Gasteiger partial charge >= 0.3 is 6.18 Å². The standard InChI is InChI=1S/C26H26F3N3O2S/c27-26(28,29)19-2-1-3-21(11-19)30-22(33)18-4-6-20(7-5-18)31-24(35)32-23(34)25-12-15-8-16(13-25)10-17(9-15)14-25/h1-7,11,15-17H,8-10,12-14H2,(H,30,33)(H2,31,32,34,35). The Bertz CT molecular complexity index is 1130. The van der Waals surface area contributed by atoms with Crippen molar-refractivity contribution in [2.75, 3.05) is 10.6 Å². The summed E-state index contributed by atoms with van der Waals surface area (Å²) in [4.78, 5) is 25.6.